The van der Waals surface area contributed by atoms with E-state index in [9.17, 15) is 14.4 Å². The topological polar surface area (TPSA) is 78.9 Å². The van der Waals surface area contributed by atoms with Gasteiger partial charge in [-0.15, -0.1) is 0 Å². The molecule has 0 radical (unpaired) electrons. The summed E-state index contributed by atoms with van der Waals surface area (Å²) in [4.78, 5) is 38.1. The fourth-order valence-corrected chi connectivity index (χ4v) is 9.05. The average molecular weight is 920 g/mol. The first kappa shape index (κ1) is 63.4. The van der Waals surface area contributed by atoms with Crippen LogP contribution in [0.25, 0.3) is 0 Å². The lowest BCUT2D eigenvalue weighted by atomic mass is 10.0. The van der Waals surface area contributed by atoms with Crippen molar-refractivity contribution in [3.8, 4) is 0 Å². The van der Waals surface area contributed by atoms with Crippen molar-refractivity contribution in [1.82, 2.24) is 0 Å². The number of unbranched alkanes of at least 4 members (excludes halogenated alkanes) is 38. The average Bonchev–Trinajstić information content (AvgIpc) is 3.28. The maximum Gasteiger partial charge on any atom is 0.306 e. The van der Waals surface area contributed by atoms with Crippen molar-refractivity contribution in [1.29, 1.82) is 0 Å². The van der Waals surface area contributed by atoms with E-state index in [4.69, 9.17) is 14.2 Å². The lowest BCUT2D eigenvalue weighted by Gasteiger charge is -2.18. The SMILES string of the molecule is CCCCCCCCCCCCCCC(=O)OC[C@H](COC(=O)CCCCCCCCCCCCCC(C)C)OC(=O)CCCCCCCCCCCCCCCCCCCCC(C)C. The summed E-state index contributed by atoms with van der Waals surface area (Å²) in [6, 6.07) is 0. The van der Waals surface area contributed by atoms with Crippen LogP contribution >= 0.6 is 0 Å². The highest BCUT2D eigenvalue weighted by Gasteiger charge is 2.19. The number of carbonyl (C=O) groups excluding carboxylic acids is 3. The summed E-state index contributed by atoms with van der Waals surface area (Å²) in [5, 5.41) is 0. The van der Waals surface area contributed by atoms with E-state index in [0.717, 1.165) is 69.6 Å². The molecule has 0 aliphatic carbocycles. The van der Waals surface area contributed by atoms with Crippen molar-refractivity contribution in [3.63, 3.8) is 0 Å². The van der Waals surface area contributed by atoms with Crippen molar-refractivity contribution >= 4 is 17.9 Å². The van der Waals surface area contributed by atoms with Crippen molar-refractivity contribution in [2.24, 2.45) is 11.8 Å². The minimum absolute atomic E-state index is 0.0627. The van der Waals surface area contributed by atoms with Crippen LogP contribution in [-0.2, 0) is 28.6 Å². The van der Waals surface area contributed by atoms with Crippen LogP contribution in [0.2, 0.25) is 0 Å². The molecule has 0 aromatic carbocycles. The van der Waals surface area contributed by atoms with Crippen molar-refractivity contribution in [2.75, 3.05) is 13.2 Å². The van der Waals surface area contributed by atoms with Gasteiger partial charge in [-0.1, -0.05) is 291 Å². The van der Waals surface area contributed by atoms with E-state index < -0.39 is 6.10 Å². The molecule has 386 valence electrons. The molecule has 0 saturated heterocycles. The Kier molecular flexibility index (Phi) is 50.5. The number of rotatable bonds is 53. The van der Waals surface area contributed by atoms with Crippen LogP contribution < -0.4 is 0 Å². The van der Waals surface area contributed by atoms with Crippen LogP contribution in [0.1, 0.15) is 330 Å². The van der Waals surface area contributed by atoms with E-state index in [2.05, 4.69) is 34.6 Å². The maximum atomic E-state index is 12.9. The van der Waals surface area contributed by atoms with Crippen LogP contribution in [-0.4, -0.2) is 37.2 Å². The molecule has 0 N–H and O–H groups in total. The molecule has 0 spiro atoms. The number of carbonyl (C=O) groups is 3. The third kappa shape index (κ3) is 53.2. The van der Waals surface area contributed by atoms with Gasteiger partial charge < -0.3 is 14.2 Å². The molecule has 6 nitrogen and oxygen atoms in total. The molecule has 0 fully saturated rings. The van der Waals surface area contributed by atoms with Gasteiger partial charge >= 0.3 is 17.9 Å². The standard InChI is InChI=1S/C59H114O6/c1-6-7-8-9-10-11-12-24-29-34-39-44-49-57(60)63-52-56(53-64-58(61)50-45-40-35-30-26-21-23-28-33-38-43-48-55(4)5)65-59(62)51-46-41-36-31-25-20-18-16-14-13-15-17-19-22-27-32-37-42-47-54(2)3/h54-56H,6-53H2,1-5H3/t56-/m1/s1. The van der Waals surface area contributed by atoms with Crippen LogP contribution in [0.5, 0.6) is 0 Å². The number of esters is 3. The molecule has 0 aliphatic heterocycles. The molecule has 0 saturated carbocycles. The Bertz CT molecular complexity index is 993. The Morgan fingerprint density at radius 3 is 0.754 bits per heavy atom. The molecule has 65 heavy (non-hydrogen) atoms. The second kappa shape index (κ2) is 51.8. The zero-order chi connectivity index (χ0) is 47.5. The zero-order valence-corrected chi connectivity index (χ0v) is 44.6. The molecule has 0 aromatic rings. The fourth-order valence-electron chi connectivity index (χ4n) is 9.05. The molecule has 0 rings (SSSR count). The summed E-state index contributed by atoms with van der Waals surface area (Å²) in [7, 11) is 0. The molecule has 1 atom stereocenters. The fraction of sp³-hybridized carbons (Fsp3) is 0.949. The van der Waals surface area contributed by atoms with E-state index in [0.29, 0.717) is 19.3 Å². The molecule has 0 heterocycles. The third-order valence-electron chi connectivity index (χ3n) is 13.5. The summed E-state index contributed by atoms with van der Waals surface area (Å²) in [5.41, 5.74) is 0. The predicted octanol–water partition coefficient (Wildman–Crippen LogP) is 19.3. The second-order valence-electron chi connectivity index (χ2n) is 21.2. The van der Waals surface area contributed by atoms with Crippen molar-refractivity contribution in [3.05, 3.63) is 0 Å². The van der Waals surface area contributed by atoms with E-state index in [-0.39, 0.29) is 31.1 Å². The van der Waals surface area contributed by atoms with Gasteiger partial charge in [0.05, 0.1) is 0 Å². The van der Waals surface area contributed by atoms with Gasteiger partial charge in [0.2, 0.25) is 0 Å². The Morgan fingerprint density at radius 2 is 0.508 bits per heavy atom. The lowest BCUT2D eigenvalue weighted by Crippen LogP contribution is -2.30. The highest BCUT2D eigenvalue weighted by molar-refractivity contribution is 5.71. The van der Waals surface area contributed by atoms with Gasteiger partial charge in [0.25, 0.3) is 0 Å². The van der Waals surface area contributed by atoms with E-state index in [1.807, 2.05) is 0 Å². The van der Waals surface area contributed by atoms with Crippen molar-refractivity contribution in [2.45, 2.75) is 336 Å². The highest BCUT2D eigenvalue weighted by atomic mass is 16.6. The van der Waals surface area contributed by atoms with Crippen LogP contribution in [0.4, 0.5) is 0 Å². The first-order valence-electron chi connectivity index (χ1n) is 29.2. The quantitative estimate of drug-likeness (QED) is 0.0344. The van der Waals surface area contributed by atoms with Gasteiger partial charge in [-0.3, -0.25) is 14.4 Å². The second-order valence-corrected chi connectivity index (χ2v) is 21.2. The predicted molar refractivity (Wildman–Crippen MR) is 280 cm³/mol. The molecule has 0 amide bonds. The minimum Gasteiger partial charge on any atom is -0.462 e. The van der Waals surface area contributed by atoms with Crippen molar-refractivity contribution < 1.29 is 28.6 Å². The molecule has 0 unspecified atom stereocenters. The first-order valence-corrected chi connectivity index (χ1v) is 29.2. The molecule has 6 heteroatoms. The summed E-state index contributed by atoms with van der Waals surface area (Å²) in [6.07, 6.45) is 55.3. The molecule has 0 aliphatic rings. The smallest absolute Gasteiger partial charge is 0.306 e. The van der Waals surface area contributed by atoms with Gasteiger partial charge in [-0.05, 0) is 31.1 Å². The molecular formula is C59H114O6. The zero-order valence-electron chi connectivity index (χ0n) is 44.6. The Hall–Kier alpha value is -1.59. The van der Waals surface area contributed by atoms with Gasteiger partial charge in [0.1, 0.15) is 13.2 Å². The summed E-state index contributed by atoms with van der Waals surface area (Å²) in [5.74, 6) is 0.846. The summed E-state index contributed by atoms with van der Waals surface area (Å²) in [6.45, 7) is 11.4. The van der Waals surface area contributed by atoms with Crippen LogP contribution in [0, 0.1) is 11.8 Å². The molecule has 0 bridgehead atoms. The highest BCUT2D eigenvalue weighted by Crippen LogP contribution is 2.18. The minimum atomic E-state index is -0.762. The number of ether oxygens (including phenoxy) is 3. The maximum absolute atomic E-state index is 12.9. The Balaban J connectivity index is 4.25. The van der Waals surface area contributed by atoms with E-state index in [1.165, 1.54) is 218 Å². The Morgan fingerprint density at radius 1 is 0.292 bits per heavy atom. The van der Waals surface area contributed by atoms with E-state index >= 15 is 0 Å². The summed E-state index contributed by atoms with van der Waals surface area (Å²) < 4.78 is 16.9. The van der Waals surface area contributed by atoms with Gasteiger partial charge in [-0.2, -0.15) is 0 Å². The third-order valence-corrected chi connectivity index (χ3v) is 13.5. The molecule has 0 aromatic heterocycles. The first-order chi connectivity index (χ1) is 31.7. The van der Waals surface area contributed by atoms with Crippen LogP contribution in [0.3, 0.4) is 0 Å². The molecular weight excluding hydrogens is 805 g/mol. The van der Waals surface area contributed by atoms with E-state index in [1.54, 1.807) is 0 Å². The van der Waals surface area contributed by atoms with Gasteiger partial charge in [-0.25, -0.2) is 0 Å². The summed E-state index contributed by atoms with van der Waals surface area (Å²) >= 11 is 0. The van der Waals surface area contributed by atoms with Gasteiger partial charge in [0.15, 0.2) is 6.10 Å². The lowest BCUT2D eigenvalue weighted by molar-refractivity contribution is -0.167. The van der Waals surface area contributed by atoms with Crippen LogP contribution in [0.15, 0.2) is 0 Å². The largest absolute Gasteiger partial charge is 0.462 e. The monoisotopic (exact) mass is 919 g/mol. The normalized spacial score (nSPS) is 12.0. The number of hydrogen-bond donors (Lipinski definition) is 0. The number of hydrogen-bond acceptors (Lipinski definition) is 6. The Labute approximate surface area is 406 Å². The van der Waals surface area contributed by atoms with Gasteiger partial charge in [0, 0.05) is 19.3 Å².